The van der Waals surface area contributed by atoms with Crippen LogP contribution in [0.15, 0.2) is 34.9 Å². The van der Waals surface area contributed by atoms with Gasteiger partial charge >= 0.3 is 11.9 Å². The summed E-state index contributed by atoms with van der Waals surface area (Å²) in [5.41, 5.74) is -2.34. The highest BCUT2D eigenvalue weighted by Crippen LogP contribution is 2.45. The zero-order valence-corrected chi connectivity index (χ0v) is 14.2. The van der Waals surface area contributed by atoms with E-state index in [0.717, 1.165) is 26.4 Å². The first-order chi connectivity index (χ1) is 12.8. The number of rotatable bonds is 4. The molecule has 144 valence electrons. The first-order valence-electron chi connectivity index (χ1n) is 7.83. The lowest BCUT2D eigenvalue weighted by atomic mass is 9.79. The molecular formula is C17H14F4N2O4. The Morgan fingerprint density at radius 1 is 1.37 bits per heavy atom. The number of pyridine rings is 1. The average molecular weight is 386 g/mol. The van der Waals surface area contributed by atoms with E-state index in [2.05, 4.69) is 15.0 Å². The van der Waals surface area contributed by atoms with Crippen LogP contribution in [-0.2, 0) is 19.1 Å². The Hall–Kier alpha value is -2.91. The maximum Gasteiger partial charge on any atom is 0.337 e. The summed E-state index contributed by atoms with van der Waals surface area (Å²) in [4.78, 5) is 28.1. The number of hydrogen-bond donors (Lipinski definition) is 1. The van der Waals surface area contributed by atoms with Crippen LogP contribution in [0.2, 0.25) is 0 Å². The molecule has 2 atom stereocenters. The van der Waals surface area contributed by atoms with E-state index in [0.29, 0.717) is 0 Å². The van der Waals surface area contributed by atoms with Gasteiger partial charge in [0.2, 0.25) is 0 Å². The number of cyclic esters (lactones) is 1. The second-order valence-electron chi connectivity index (χ2n) is 5.89. The van der Waals surface area contributed by atoms with Crippen molar-refractivity contribution in [3.63, 3.8) is 0 Å². The SMILES string of the molecule is COC(=O)C1=C(C(F)F)NC2=C(C(=O)OC2)[C@@H]1c1cncc(F)c1[C@H](C)F. The van der Waals surface area contributed by atoms with Crippen LogP contribution in [0.4, 0.5) is 17.6 Å². The Balaban J connectivity index is 2.34. The van der Waals surface area contributed by atoms with Crippen LogP contribution in [-0.4, -0.2) is 37.1 Å². The molecule has 3 rings (SSSR count). The Labute approximate surface area is 150 Å². The van der Waals surface area contributed by atoms with Gasteiger partial charge in [-0.1, -0.05) is 0 Å². The minimum absolute atomic E-state index is 0.00493. The third-order valence-corrected chi connectivity index (χ3v) is 4.35. The molecule has 0 bridgehead atoms. The molecule has 0 spiro atoms. The van der Waals surface area contributed by atoms with Crippen molar-refractivity contribution in [3.05, 3.63) is 51.9 Å². The summed E-state index contributed by atoms with van der Waals surface area (Å²) >= 11 is 0. The van der Waals surface area contributed by atoms with Gasteiger partial charge in [0.25, 0.3) is 6.43 Å². The number of hydrogen-bond acceptors (Lipinski definition) is 6. The molecule has 0 radical (unpaired) electrons. The molecule has 6 nitrogen and oxygen atoms in total. The van der Waals surface area contributed by atoms with E-state index in [4.69, 9.17) is 4.74 Å². The second kappa shape index (κ2) is 7.01. The van der Waals surface area contributed by atoms with Crippen LogP contribution in [0, 0.1) is 5.82 Å². The number of carbonyl (C=O) groups excluding carboxylic acids is 2. The van der Waals surface area contributed by atoms with Crippen molar-refractivity contribution in [1.82, 2.24) is 10.3 Å². The number of nitrogens with zero attached hydrogens (tertiary/aromatic N) is 1. The van der Waals surface area contributed by atoms with Gasteiger partial charge in [-0.05, 0) is 12.5 Å². The molecule has 1 aromatic rings. The Morgan fingerprint density at radius 3 is 2.67 bits per heavy atom. The quantitative estimate of drug-likeness (QED) is 0.633. The fourth-order valence-corrected chi connectivity index (χ4v) is 3.27. The maximum atomic E-state index is 14.2. The molecule has 0 fully saturated rings. The van der Waals surface area contributed by atoms with E-state index in [9.17, 15) is 27.2 Å². The highest BCUT2D eigenvalue weighted by Gasteiger charge is 2.45. The van der Waals surface area contributed by atoms with Crippen molar-refractivity contribution >= 4 is 11.9 Å². The van der Waals surface area contributed by atoms with Crippen LogP contribution in [0.5, 0.6) is 0 Å². The summed E-state index contributed by atoms with van der Waals surface area (Å²) < 4.78 is 65.0. The zero-order chi connectivity index (χ0) is 19.9. The lowest BCUT2D eigenvalue weighted by Gasteiger charge is -2.29. The van der Waals surface area contributed by atoms with E-state index in [-0.39, 0.29) is 23.4 Å². The summed E-state index contributed by atoms with van der Waals surface area (Å²) in [6.07, 6.45) is -3.20. The van der Waals surface area contributed by atoms with Crippen molar-refractivity contribution in [2.24, 2.45) is 0 Å². The van der Waals surface area contributed by atoms with E-state index in [1.165, 1.54) is 0 Å². The fourth-order valence-electron chi connectivity index (χ4n) is 3.27. The van der Waals surface area contributed by atoms with Crippen molar-refractivity contribution in [3.8, 4) is 0 Å². The van der Waals surface area contributed by atoms with Crippen LogP contribution in [0.3, 0.4) is 0 Å². The van der Waals surface area contributed by atoms with Gasteiger partial charge in [-0.25, -0.2) is 27.2 Å². The molecule has 2 aliphatic heterocycles. The Bertz CT molecular complexity index is 880. The normalized spacial score (nSPS) is 20.4. The average Bonchev–Trinajstić information content (AvgIpc) is 2.99. The molecule has 1 aromatic heterocycles. The molecule has 3 heterocycles. The predicted molar refractivity (Wildman–Crippen MR) is 82.6 cm³/mol. The van der Waals surface area contributed by atoms with Gasteiger partial charge in [-0.3, -0.25) is 4.98 Å². The molecule has 27 heavy (non-hydrogen) atoms. The van der Waals surface area contributed by atoms with E-state index in [1.807, 2.05) is 0 Å². The maximum absolute atomic E-state index is 14.2. The number of nitrogens with one attached hydrogen (secondary N) is 1. The third kappa shape index (κ3) is 3.04. The summed E-state index contributed by atoms with van der Waals surface area (Å²) in [6.45, 7) is 0.708. The lowest BCUT2D eigenvalue weighted by Crippen LogP contribution is -2.34. The molecule has 0 saturated carbocycles. The van der Waals surface area contributed by atoms with Crippen LogP contribution >= 0.6 is 0 Å². The van der Waals surface area contributed by atoms with Gasteiger partial charge in [0.05, 0.1) is 41.8 Å². The lowest BCUT2D eigenvalue weighted by molar-refractivity contribution is -0.136. The molecule has 0 unspecified atom stereocenters. The van der Waals surface area contributed by atoms with Crippen molar-refractivity contribution in [1.29, 1.82) is 0 Å². The fraction of sp³-hybridized carbons (Fsp3) is 0.353. The third-order valence-electron chi connectivity index (χ3n) is 4.35. The van der Waals surface area contributed by atoms with Gasteiger partial charge in [-0.15, -0.1) is 0 Å². The van der Waals surface area contributed by atoms with E-state index in [1.54, 1.807) is 0 Å². The summed E-state index contributed by atoms with van der Waals surface area (Å²) in [6, 6.07) is 0. The largest absolute Gasteiger partial charge is 0.466 e. The van der Waals surface area contributed by atoms with Crippen molar-refractivity contribution in [2.75, 3.05) is 13.7 Å². The molecule has 10 heteroatoms. The van der Waals surface area contributed by atoms with Crippen LogP contribution < -0.4 is 5.32 Å². The number of carbonyl (C=O) groups is 2. The smallest absolute Gasteiger partial charge is 0.337 e. The summed E-state index contributed by atoms with van der Waals surface area (Å²) in [5.74, 6) is -4.60. The standard InChI is InChI=1S/C17H14F4N2O4/c1-6(18)10-7(3-22-4-8(10)19)11-12-9(5-27-17(12)25)23-14(15(20)21)13(11)16(24)26-2/h3-4,6,11,15,23H,5H2,1-2H3/t6-,11-/m0/s1. The molecule has 2 aliphatic rings. The minimum Gasteiger partial charge on any atom is -0.466 e. The number of halogens is 4. The number of alkyl halides is 3. The van der Waals surface area contributed by atoms with Gasteiger partial charge in [0.15, 0.2) is 0 Å². The predicted octanol–water partition coefficient (Wildman–Crippen LogP) is 2.44. The molecule has 0 amide bonds. The van der Waals surface area contributed by atoms with E-state index >= 15 is 0 Å². The number of allylic oxidation sites excluding steroid dienone is 1. The van der Waals surface area contributed by atoms with Gasteiger partial charge < -0.3 is 14.8 Å². The van der Waals surface area contributed by atoms with Crippen LogP contribution in [0.1, 0.15) is 30.1 Å². The number of aromatic nitrogens is 1. The molecule has 0 aromatic carbocycles. The molecule has 0 aliphatic carbocycles. The van der Waals surface area contributed by atoms with Crippen molar-refractivity contribution < 1.29 is 36.6 Å². The Morgan fingerprint density at radius 2 is 2.07 bits per heavy atom. The van der Waals surface area contributed by atoms with Gasteiger partial charge in [0.1, 0.15) is 18.6 Å². The highest BCUT2D eigenvalue weighted by molar-refractivity contribution is 6.01. The van der Waals surface area contributed by atoms with Crippen LogP contribution in [0.25, 0.3) is 0 Å². The van der Waals surface area contributed by atoms with Gasteiger partial charge in [-0.2, -0.15) is 0 Å². The first-order valence-corrected chi connectivity index (χ1v) is 7.83. The number of dihydropyridines is 1. The monoisotopic (exact) mass is 386 g/mol. The number of methoxy groups -OCH3 is 1. The number of ether oxygens (including phenoxy) is 2. The zero-order valence-electron chi connectivity index (χ0n) is 14.2. The summed E-state index contributed by atoms with van der Waals surface area (Å²) in [7, 11) is 0.967. The minimum atomic E-state index is -3.14. The topological polar surface area (TPSA) is 77.5 Å². The number of esters is 2. The Kier molecular flexibility index (Phi) is 4.90. The first kappa shape index (κ1) is 18.9. The second-order valence-corrected chi connectivity index (χ2v) is 5.89. The molecular weight excluding hydrogens is 372 g/mol. The van der Waals surface area contributed by atoms with E-state index < -0.39 is 53.1 Å². The molecule has 0 saturated heterocycles. The van der Waals surface area contributed by atoms with Gasteiger partial charge in [0, 0.05) is 11.8 Å². The summed E-state index contributed by atoms with van der Waals surface area (Å²) in [5, 5.41) is 2.33. The molecule has 1 N–H and O–H groups in total. The highest BCUT2D eigenvalue weighted by atomic mass is 19.3. The van der Waals surface area contributed by atoms with Crippen molar-refractivity contribution in [2.45, 2.75) is 25.4 Å².